The molecule has 5 nitrogen and oxygen atoms in total. The van der Waals surface area contributed by atoms with Gasteiger partial charge in [0.1, 0.15) is 23.5 Å². The van der Waals surface area contributed by atoms with E-state index < -0.39 is 6.10 Å². The predicted octanol–water partition coefficient (Wildman–Crippen LogP) is 11.9. The first kappa shape index (κ1) is 47.7. The van der Waals surface area contributed by atoms with Crippen LogP contribution in [-0.2, 0) is 19.2 Å². The maximum absolute atomic E-state index is 10.7. The van der Waals surface area contributed by atoms with Crippen molar-refractivity contribution in [2.75, 3.05) is 34.5 Å². The third kappa shape index (κ3) is 59.8. The second-order valence-corrected chi connectivity index (χ2v) is 18.2. The maximum Gasteiger partial charge on any atom is 0.171 e. The number of aliphatic hydroxyl groups excluding tert-OH is 1. The molecule has 8 aliphatic carbocycles. The highest BCUT2D eigenvalue weighted by Gasteiger charge is 2.21. The molecule has 1 N–H and O–H groups in total. The van der Waals surface area contributed by atoms with Gasteiger partial charge in [0.05, 0.1) is 5.75 Å². The predicted molar refractivity (Wildman–Crippen MR) is 221 cm³/mol. The van der Waals surface area contributed by atoms with Crippen LogP contribution in [0.4, 0.5) is 0 Å². The number of ketones is 4. The van der Waals surface area contributed by atoms with Gasteiger partial charge in [-0.3, -0.25) is 19.2 Å². The minimum atomic E-state index is -0.662. The highest BCUT2D eigenvalue weighted by Crippen LogP contribution is 2.18. The summed E-state index contributed by atoms with van der Waals surface area (Å²) < 4.78 is 0. The van der Waals surface area contributed by atoms with Crippen LogP contribution < -0.4 is 0 Å². The van der Waals surface area contributed by atoms with Crippen LogP contribution in [0.3, 0.4) is 0 Å². The summed E-state index contributed by atoms with van der Waals surface area (Å²) in [6.07, 6.45) is 40.3. The number of carbonyl (C=O) groups excluding carboxylic acids is 4. The molecule has 50 heavy (non-hydrogen) atoms. The van der Waals surface area contributed by atoms with Crippen LogP contribution in [0.25, 0.3) is 0 Å². The smallest absolute Gasteiger partial charge is 0.171 e. The van der Waals surface area contributed by atoms with E-state index in [9.17, 15) is 19.2 Å². The summed E-state index contributed by atoms with van der Waals surface area (Å²) in [5.41, 5.74) is 0. The Morgan fingerprint density at radius 2 is 0.620 bits per heavy atom. The van der Waals surface area contributed by atoms with Crippen LogP contribution in [0, 0.1) is 0 Å². The van der Waals surface area contributed by atoms with Gasteiger partial charge in [0.2, 0.25) is 0 Å². The van der Waals surface area contributed by atoms with Gasteiger partial charge in [-0.1, -0.05) is 135 Å². The van der Waals surface area contributed by atoms with Gasteiger partial charge in [0.25, 0.3) is 0 Å². The van der Waals surface area contributed by atoms with E-state index in [1.807, 2.05) is 23.5 Å². The van der Waals surface area contributed by atoms with Crippen molar-refractivity contribution in [2.24, 2.45) is 0 Å². The number of carbonyl (C=O) groups is 4. The first-order chi connectivity index (χ1) is 24.5. The molecular weight excluding hydrogens is 681 g/mol. The molecule has 11 rings (SSSR count). The van der Waals surface area contributed by atoms with Gasteiger partial charge in [-0.2, -0.15) is 35.3 Å². The zero-order valence-electron chi connectivity index (χ0n) is 32.0. The van der Waals surface area contributed by atoms with E-state index in [1.165, 1.54) is 158 Å². The lowest BCUT2D eigenvalue weighted by Crippen LogP contribution is -2.15. The van der Waals surface area contributed by atoms with Crippen molar-refractivity contribution in [1.29, 1.82) is 0 Å². The van der Waals surface area contributed by atoms with Crippen LogP contribution in [0.5, 0.6) is 0 Å². The third-order valence-corrected chi connectivity index (χ3v) is 10.2. The molecule has 1 unspecified atom stereocenters. The minimum absolute atomic E-state index is 0.0231. The van der Waals surface area contributed by atoms with Gasteiger partial charge in [-0.05, 0) is 37.2 Å². The summed E-state index contributed by atoms with van der Waals surface area (Å²) in [5.74, 6) is 6.92. The van der Waals surface area contributed by atoms with E-state index in [4.69, 9.17) is 5.11 Å². The molecule has 11 aliphatic rings. The van der Waals surface area contributed by atoms with Crippen molar-refractivity contribution in [1.82, 2.24) is 0 Å². The van der Waals surface area contributed by atoms with E-state index in [-0.39, 0.29) is 5.78 Å². The zero-order chi connectivity index (χ0) is 36.2. The van der Waals surface area contributed by atoms with Crippen molar-refractivity contribution in [3.8, 4) is 0 Å². The Bertz CT molecular complexity index is 692. The van der Waals surface area contributed by atoms with Crippen molar-refractivity contribution < 1.29 is 24.3 Å². The summed E-state index contributed by atoms with van der Waals surface area (Å²) in [6.45, 7) is 0. The van der Waals surface area contributed by atoms with Crippen molar-refractivity contribution in [2.45, 2.75) is 205 Å². The van der Waals surface area contributed by atoms with Crippen molar-refractivity contribution >= 4 is 58.4 Å². The van der Waals surface area contributed by atoms with E-state index in [2.05, 4.69) is 0 Å². The molecule has 0 radical (unpaired) electrons. The quantitative estimate of drug-likeness (QED) is 0.261. The monoisotopic (exact) mass is 756 g/mol. The Hall–Kier alpha value is -0.310. The molecule has 0 amide bonds. The zero-order valence-corrected chi connectivity index (χ0v) is 34.5. The molecule has 1 atom stereocenters. The number of hydrogen-bond donors (Lipinski definition) is 1. The molecule has 0 aromatic carbocycles. The Morgan fingerprint density at radius 1 is 0.340 bits per heavy atom. The molecule has 3 aliphatic heterocycles. The fourth-order valence-electron chi connectivity index (χ4n) is 2.80. The van der Waals surface area contributed by atoms with Crippen molar-refractivity contribution in [3.05, 3.63) is 0 Å². The molecule has 292 valence electrons. The van der Waals surface area contributed by atoms with E-state index in [0.29, 0.717) is 28.9 Å². The topological polar surface area (TPSA) is 88.5 Å². The largest absolute Gasteiger partial charge is 0.384 e. The molecule has 0 aromatic heterocycles. The highest BCUT2D eigenvalue weighted by molar-refractivity contribution is 8.00. The molecule has 3 saturated heterocycles. The van der Waals surface area contributed by atoms with Gasteiger partial charge in [-0.25, -0.2) is 0 Å². The first-order valence-corrected chi connectivity index (χ1v) is 24.4. The van der Waals surface area contributed by atoms with Gasteiger partial charge in [-0.15, -0.1) is 0 Å². The fourth-order valence-corrected chi connectivity index (χ4v) is 5.57. The maximum atomic E-state index is 10.7. The van der Waals surface area contributed by atoms with Gasteiger partial charge < -0.3 is 5.11 Å². The second-order valence-electron chi connectivity index (χ2n) is 14.7. The molecule has 0 aromatic rings. The number of Topliss-reactive ketones (excluding diaryl/α,β-unsaturated/α-hetero) is 4. The number of rotatable bonds is 0. The summed E-state index contributed by atoms with van der Waals surface area (Å²) in [4.78, 5) is 41.9. The van der Waals surface area contributed by atoms with Crippen LogP contribution in [-0.4, -0.2) is 68.9 Å². The lowest BCUT2D eigenvalue weighted by molar-refractivity contribution is -0.122. The van der Waals surface area contributed by atoms with Crippen molar-refractivity contribution in [3.63, 3.8) is 0 Å². The molecule has 3 heterocycles. The molecular formula is C42H76O5S3. The molecule has 11 fully saturated rings. The summed E-state index contributed by atoms with van der Waals surface area (Å²) in [7, 11) is 0. The molecule has 0 bridgehead atoms. The van der Waals surface area contributed by atoms with Crippen LogP contribution in [0.15, 0.2) is 0 Å². The average molecular weight is 757 g/mol. The highest BCUT2D eigenvalue weighted by atomic mass is 32.2. The van der Waals surface area contributed by atoms with Gasteiger partial charge in [0, 0.05) is 55.8 Å². The SMILES string of the molecule is C1CC1.C1CC1.C1CC1.C1CC1.C1CC1.C1CC1.C1CC1.O=C1CCCC1.O=C1CCCSCC1.O=C1CCCSCC1.O=C1CSCC1O. The van der Waals surface area contributed by atoms with Crippen LogP contribution in [0.1, 0.15) is 199 Å². The van der Waals surface area contributed by atoms with Gasteiger partial charge >= 0.3 is 0 Å². The molecule has 0 spiro atoms. The van der Waals surface area contributed by atoms with Crippen LogP contribution >= 0.6 is 35.3 Å². The Balaban J connectivity index is 0.000000282. The Kier molecular flexibility index (Phi) is 35.3. The van der Waals surface area contributed by atoms with E-state index in [0.717, 1.165) is 75.7 Å². The summed E-state index contributed by atoms with van der Waals surface area (Å²) >= 11 is 5.29. The summed E-state index contributed by atoms with van der Waals surface area (Å²) in [6, 6.07) is 0. The van der Waals surface area contributed by atoms with Crippen LogP contribution in [0.2, 0.25) is 0 Å². The first-order valence-electron chi connectivity index (χ1n) is 21.0. The fraction of sp³-hybridized carbons (Fsp3) is 0.905. The lowest BCUT2D eigenvalue weighted by atomic mass is 10.2. The Morgan fingerprint density at radius 3 is 0.800 bits per heavy atom. The normalized spacial score (nSPS) is 24.5. The Labute approximate surface area is 321 Å². The standard InChI is InChI=1S/2C6H10OS.C5H8O.C4H6O2S.7C3H6/c2*7-6-2-1-4-8-5-3-6;6-5-3-1-2-4-5;5-3-1-7-2-4(3)6;7*1-2-3-1/h2*1-5H2;1-4H2;3,5H,1-2H2;7*1-3H2. The average Bonchev–Trinajstić information content (AvgIpc) is 3.97. The second kappa shape index (κ2) is 37.0. The summed E-state index contributed by atoms with van der Waals surface area (Å²) in [5, 5.41) is 8.63. The molecule has 8 heteroatoms. The third-order valence-electron chi connectivity index (χ3n) is 7.07. The lowest BCUT2D eigenvalue weighted by Gasteiger charge is -1.89. The number of aliphatic hydroxyl groups is 1. The minimum Gasteiger partial charge on any atom is -0.384 e. The van der Waals surface area contributed by atoms with Gasteiger partial charge in [0.15, 0.2) is 5.78 Å². The number of hydrogen-bond acceptors (Lipinski definition) is 8. The molecule has 8 saturated carbocycles. The van der Waals surface area contributed by atoms with E-state index in [1.54, 1.807) is 0 Å². The number of thioether (sulfide) groups is 3. The van der Waals surface area contributed by atoms with E-state index >= 15 is 0 Å².